The van der Waals surface area contributed by atoms with Gasteiger partial charge in [0.2, 0.25) is 0 Å². The van der Waals surface area contributed by atoms with Gasteiger partial charge in [-0.1, -0.05) is 6.07 Å². The van der Waals surface area contributed by atoms with Crippen LogP contribution in [0.1, 0.15) is 12.0 Å². The molecule has 0 bridgehead atoms. The number of hydrogen-bond acceptors (Lipinski definition) is 3. The Morgan fingerprint density at radius 2 is 2.35 bits per heavy atom. The summed E-state index contributed by atoms with van der Waals surface area (Å²) >= 11 is 0. The van der Waals surface area contributed by atoms with Crippen molar-refractivity contribution in [2.45, 2.75) is 12.8 Å². The van der Waals surface area contributed by atoms with Gasteiger partial charge in [0, 0.05) is 25.4 Å². The second kappa shape index (κ2) is 5.27. The zero-order valence-electron chi connectivity index (χ0n) is 9.83. The van der Waals surface area contributed by atoms with Gasteiger partial charge in [0.15, 0.2) is 11.6 Å². The first-order valence-electron chi connectivity index (χ1n) is 5.76. The van der Waals surface area contributed by atoms with Crippen molar-refractivity contribution in [2.75, 3.05) is 20.2 Å². The number of piperidine rings is 1. The smallest absolute Gasteiger partial charge is 0.165 e. The summed E-state index contributed by atoms with van der Waals surface area (Å²) in [7, 11) is 1.44. The number of methoxy groups -OCH3 is 1. The molecule has 0 amide bonds. The van der Waals surface area contributed by atoms with Crippen molar-refractivity contribution in [3.63, 3.8) is 0 Å². The third-order valence-electron chi connectivity index (χ3n) is 3.09. The normalized spacial score (nSPS) is 20.4. The van der Waals surface area contributed by atoms with Crippen LogP contribution in [0, 0.1) is 11.7 Å². The average molecular weight is 237 g/mol. The van der Waals surface area contributed by atoms with Crippen LogP contribution in [-0.4, -0.2) is 26.0 Å². The van der Waals surface area contributed by atoms with Crippen LogP contribution in [0.25, 0.3) is 0 Å². The number of hydrogen-bond donors (Lipinski definition) is 1. The van der Waals surface area contributed by atoms with Gasteiger partial charge in [-0.3, -0.25) is 4.79 Å². The summed E-state index contributed by atoms with van der Waals surface area (Å²) in [5.74, 6) is 0.0968. The van der Waals surface area contributed by atoms with Crippen molar-refractivity contribution in [1.82, 2.24) is 5.32 Å². The predicted molar refractivity (Wildman–Crippen MR) is 62.6 cm³/mol. The van der Waals surface area contributed by atoms with E-state index in [1.165, 1.54) is 13.2 Å². The molecule has 92 valence electrons. The molecule has 1 heterocycles. The van der Waals surface area contributed by atoms with Crippen LogP contribution in [0.3, 0.4) is 0 Å². The fraction of sp³-hybridized carbons (Fsp3) is 0.462. The molecule has 0 aromatic heterocycles. The molecule has 1 saturated heterocycles. The molecule has 1 aliphatic heterocycles. The van der Waals surface area contributed by atoms with E-state index in [4.69, 9.17) is 4.74 Å². The minimum absolute atomic E-state index is 0.0310. The zero-order chi connectivity index (χ0) is 12.3. The Morgan fingerprint density at radius 3 is 3.00 bits per heavy atom. The molecule has 1 aliphatic rings. The number of ketones is 1. The third kappa shape index (κ3) is 2.82. The largest absolute Gasteiger partial charge is 0.494 e. The first kappa shape index (κ1) is 12.0. The van der Waals surface area contributed by atoms with Crippen molar-refractivity contribution in [3.8, 4) is 5.75 Å². The SMILES string of the molecule is COc1ccc(CC2CNCCC2=O)cc1F. The maximum absolute atomic E-state index is 13.5. The number of halogens is 1. The number of Topliss-reactive ketones (excluding diaryl/α,β-unsaturated/α-hetero) is 1. The van der Waals surface area contributed by atoms with Gasteiger partial charge in [-0.2, -0.15) is 0 Å². The average Bonchev–Trinajstić information content (AvgIpc) is 2.32. The van der Waals surface area contributed by atoms with Crippen LogP contribution in [-0.2, 0) is 11.2 Å². The van der Waals surface area contributed by atoms with E-state index in [0.29, 0.717) is 19.4 Å². The van der Waals surface area contributed by atoms with Crippen molar-refractivity contribution in [1.29, 1.82) is 0 Å². The molecular formula is C13H16FNO2. The Morgan fingerprint density at radius 1 is 1.53 bits per heavy atom. The molecule has 1 fully saturated rings. The van der Waals surface area contributed by atoms with Crippen LogP contribution in [0.15, 0.2) is 18.2 Å². The number of rotatable bonds is 3. The van der Waals surface area contributed by atoms with Gasteiger partial charge < -0.3 is 10.1 Å². The molecular weight excluding hydrogens is 221 g/mol. The molecule has 3 nitrogen and oxygen atoms in total. The summed E-state index contributed by atoms with van der Waals surface area (Å²) in [6, 6.07) is 4.86. The van der Waals surface area contributed by atoms with E-state index in [-0.39, 0.29) is 23.3 Å². The van der Waals surface area contributed by atoms with Gasteiger partial charge >= 0.3 is 0 Å². The maximum Gasteiger partial charge on any atom is 0.165 e. The first-order valence-corrected chi connectivity index (χ1v) is 5.76. The highest BCUT2D eigenvalue weighted by atomic mass is 19.1. The van der Waals surface area contributed by atoms with E-state index >= 15 is 0 Å². The van der Waals surface area contributed by atoms with Crippen LogP contribution in [0.2, 0.25) is 0 Å². The fourth-order valence-electron chi connectivity index (χ4n) is 2.11. The lowest BCUT2D eigenvalue weighted by Gasteiger charge is -2.21. The first-order chi connectivity index (χ1) is 8.20. The molecule has 0 saturated carbocycles. The Labute approximate surface area is 100.0 Å². The van der Waals surface area contributed by atoms with Crippen LogP contribution in [0.4, 0.5) is 4.39 Å². The molecule has 2 rings (SSSR count). The number of carbonyl (C=O) groups is 1. The van der Waals surface area contributed by atoms with E-state index in [9.17, 15) is 9.18 Å². The van der Waals surface area contributed by atoms with E-state index in [2.05, 4.69) is 5.32 Å². The van der Waals surface area contributed by atoms with Gasteiger partial charge in [0.05, 0.1) is 7.11 Å². The van der Waals surface area contributed by atoms with Crippen LogP contribution < -0.4 is 10.1 Å². The lowest BCUT2D eigenvalue weighted by Crippen LogP contribution is -2.37. The summed E-state index contributed by atoms with van der Waals surface area (Å²) in [5, 5.41) is 3.18. The summed E-state index contributed by atoms with van der Waals surface area (Å²) < 4.78 is 18.3. The van der Waals surface area contributed by atoms with Crippen LogP contribution >= 0.6 is 0 Å². The molecule has 1 aromatic rings. The summed E-state index contributed by atoms with van der Waals surface area (Å²) in [4.78, 5) is 11.6. The monoisotopic (exact) mass is 237 g/mol. The maximum atomic E-state index is 13.5. The minimum Gasteiger partial charge on any atom is -0.494 e. The van der Waals surface area contributed by atoms with Gasteiger partial charge in [-0.25, -0.2) is 4.39 Å². The summed E-state index contributed by atoms with van der Waals surface area (Å²) in [6.07, 6.45) is 1.16. The molecule has 0 aliphatic carbocycles. The Bertz CT molecular complexity index is 420. The Hall–Kier alpha value is -1.42. The summed E-state index contributed by atoms with van der Waals surface area (Å²) in [6.45, 7) is 1.44. The molecule has 17 heavy (non-hydrogen) atoms. The van der Waals surface area contributed by atoms with Gasteiger partial charge in [0.1, 0.15) is 5.78 Å². The second-order valence-corrected chi connectivity index (χ2v) is 4.29. The minimum atomic E-state index is -0.374. The number of nitrogens with one attached hydrogen (secondary N) is 1. The molecule has 1 unspecified atom stereocenters. The van der Waals surface area contributed by atoms with Crippen LogP contribution in [0.5, 0.6) is 5.75 Å². The molecule has 1 aromatic carbocycles. The van der Waals surface area contributed by atoms with Crippen molar-refractivity contribution < 1.29 is 13.9 Å². The van der Waals surface area contributed by atoms with E-state index < -0.39 is 0 Å². The quantitative estimate of drug-likeness (QED) is 0.867. The predicted octanol–water partition coefficient (Wildman–Crippen LogP) is 1.56. The molecule has 0 spiro atoms. The number of ether oxygens (including phenoxy) is 1. The Balaban J connectivity index is 2.07. The van der Waals surface area contributed by atoms with Crippen molar-refractivity contribution >= 4 is 5.78 Å². The van der Waals surface area contributed by atoms with E-state index in [0.717, 1.165) is 12.1 Å². The third-order valence-corrected chi connectivity index (χ3v) is 3.09. The number of benzene rings is 1. The van der Waals surface area contributed by atoms with Gasteiger partial charge in [-0.05, 0) is 24.1 Å². The van der Waals surface area contributed by atoms with E-state index in [1.54, 1.807) is 6.07 Å². The second-order valence-electron chi connectivity index (χ2n) is 4.29. The zero-order valence-corrected chi connectivity index (χ0v) is 9.83. The molecule has 4 heteroatoms. The molecule has 1 atom stereocenters. The highest BCUT2D eigenvalue weighted by Crippen LogP contribution is 2.20. The molecule has 1 N–H and O–H groups in total. The number of carbonyl (C=O) groups excluding carboxylic acids is 1. The molecule has 0 radical (unpaired) electrons. The standard InChI is InChI=1S/C13H16FNO2/c1-17-13-3-2-9(7-11(13)14)6-10-8-15-5-4-12(10)16/h2-3,7,10,15H,4-6,8H2,1H3. The lowest BCUT2D eigenvalue weighted by atomic mass is 9.91. The van der Waals surface area contributed by atoms with Crippen molar-refractivity contribution in [3.05, 3.63) is 29.6 Å². The summed E-state index contributed by atoms with van der Waals surface area (Å²) in [5.41, 5.74) is 0.838. The highest BCUT2D eigenvalue weighted by molar-refractivity contribution is 5.82. The van der Waals surface area contributed by atoms with E-state index in [1.807, 2.05) is 6.07 Å². The lowest BCUT2D eigenvalue weighted by molar-refractivity contribution is -0.123. The Kier molecular flexibility index (Phi) is 3.74. The van der Waals surface area contributed by atoms with Crippen molar-refractivity contribution in [2.24, 2.45) is 5.92 Å². The highest BCUT2D eigenvalue weighted by Gasteiger charge is 2.22. The van der Waals surface area contributed by atoms with Gasteiger partial charge in [-0.15, -0.1) is 0 Å². The van der Waals surface area contributed by atoms with Gasteiger partial charge in [0.25, 0.3) is 0 Å². The fourth-order valence-corrected chi connectivity index (χ4v) is 2.11. The topological polar surface area (TPSA) is 38.3 Å².